The smallest absolute Gasteiger partial charge is 0.142 e. The van der Waals surface area contributed by atoms with Gasteiger partial charge in [-0.25, -0.2) is 4.98 Å². The van der Waals surface area contributed by atoms with Crippen molar-refractivity contribution in [3.63, 3.8) is 0 Å². The Kier molecular flexibility index (Phi) is 4.82. The van der Waals surface area contributed by atoms with Gasteiger partial charge in [0, 0.05) is 11.3 Å². The normalized spacial score (nSPS) is 10.5. The van der Waals surface area contributed by atoms with Gasteiger partial charge in [-0.05, 0) is 43.4 Å². The molecule has 1 aromatic carbocycles. The first-order chi connectivity index (χ1) is 10.5. The molecular weight excluding hydrogens is 270 g/mol. The highest BCUT2D eigenvalue weighted by Gasteiger charge is 2.19. The second-order valence-electron chi connectivity index (χ2n) is 5.71. The van der Waals surface area contributed by atoms with Crippen molar-refractivity contribution < 1.29 is 0 Å². The molecule has 0 spiro atoms. The highest BCUT2D eigenvalue weighted by atomic mass is 14.9. The van der Waals surface area contributed by atoms with Gasteiger partial charge < -0.3 is 5.73 Å². The van der Waals surface area contributed by atoms with Gasteiger partial charge in [0.1, 0.15) is 17.5 Å². The number of aromatic nitrogens is 1. The Balaban J connectivity index is 2.88. The standard InChI is InChI=1S/C19H23N3/c1-5-7-17-14(6-2)18(16(11-20)19(21)22-17)15-10-12(3)8-9-13(15)4/h8-10H,5-7H2,1-4H3,(H2,21,22). The molecule has 3 heteroatoms. The van der Waals surface area contributed by atoms with Crippen LogP contribution in [0.25, 0.3) is 11.1 Å². The molecule has 114 valence electrons. The van der Waals surface area contributed by atoms with Crippen molar-refractivity contribution in [1.29, 1.82) is 5.26 Å². The molecule has 2 aromatic rings. The van der Waals surface area contributed by atoms with Gasteiger partial charge in [-0.3, -0.25) is 0 Å². The summed E-state index contributed by atoms with van der Waals surface area (Å²) in [5.41, 5.74) is 13.2. The Hall–Kier alpha value is -2.34. The van der Waals surface area contributed by atoms with Crippen LogP contribution in [-0.4, -0.2) is 4.98 Å². The van der Waals surface area contributed by atoms with Crippen molar-refractivity contribution in [1.82, 2.24) is 4.98 Å². The molecule has 0 aliphatic heterocycles. The van der Waals surface area contributed by atoms with Crippen LogP contribution in [0.5, 0.6) is 0 Å². The summed E-state index contributed by atoms with van der Waals surface area (Å²) in [5.74, 6) is 0.346. The van der Waals surface area contributed by atoms with Crippen molar-refractivity contribution in [2.24, 2.45) is 0 Å². The minimum atomic E-state index is 0.346. The van der Waals surface area contributed by atoms with Crippen LogP contribution in [-0.2, 0) is 12.8 Å². The number of benzene rings is 1. The highest BCUT2D eigenvalue weighted by molar-refractivity contribution is 5.81. The van der Waals surface area contributed by atoms with Gasteiger partial charge in [-0.15, -0.1) is 0 Å². The molecule has 1 aromatic heterocycles. The first-order valence-electron chi connectivity index (χ1n) is 7.82. The number of nitriles is 1. The lowest BCUT2D eigenvalue weighted by Gasteiger charge is -2.18. The van der Waals surface area contributed by atoms with Crippen LogP contribution in [0, 0.1) is 25.2 Å². The van der Waals surface area contributed by atoms with Gasteiger partial charge in [0.05, 0.1) is 0 Å². The molecular formula is C19H23N3. The summed E-state index contributed by atoms with van der Waals surface area (Å²) in [7, 11) is 0. The zero-order valence-corrected chi connectivity index (χ0v) is 13.8. The fourth-order valence-corrected chi connectivity index (χ4v) is 2.93. The molecule has 0 bridgehead atoms. The van der Waals surface area contributed by atoms with Crippen LogP contribution in [0.3, 0.4) is 0 Å². The third-order valence-electron chi connectivity index (χ3n) is 4.03. The first kappa shape index (κ1) is 16.0. The number of nitrogens with two attached hydrogens (primary N) is 1. The Bertz CT molecular complexity index is 739. The van der Waals surface area contributed by atoms with Gasteiger partial charge in [-0.1, -0.05) is 44.0 Å². The highest BCUT2D eigenvalue weighted by Crippen LogP contribution is 2.35. The van der Waals surface area contributed by atoms with E-state index in [4.69, 9.17) is 5.73 Å². The topological polar surface area (TPSA) is 62.7 Å². The summed E-state index contributed by atoms with van der Waals surface area (Å²) in [4.78, 5) is 4.50. The Morgan fingerprint density at radius 3 is 2.55 bits per heavy atom. The van der Waals surface area contributed by atoms with E-state index >= 15 is 0 Å². The van der Waals surface area contributed by atoms with Crippen molar-refractivity contribution in [3.8, 4) is 17.2 Å². The number of rotatable bonds is 4. The average molecular weight is 293 g/mol. The van der Waals surface area contributed by atoms with Gasteiger partial charge >= 0.3 is 0 Å². The van der Waals surface area contributed by atoms with Crippen LogP contribution >= 0.6 is 0 Å². The van der Waals surface area contributed by atoms with E-state index in [-0.39, 0.29) is 0 Å². The molecule has 3 nitrogen and oxygen atoms in total. The van der Waals surface area contributed by atoms with E-state index in [2.05, 4.69) is 56.9 Å². The molecule has 0 aliphatic rings. The second kappa shape index (κ2) is 6.62. The summed E-state index contributed by atoms with van der Waals surface area (Å²) < 4.78 is 0. The third-order valence-corrected chi connectivity index (χ3v) is 4.03. The molecule has 0 saturated heterocycles. The number of hydrogen-bond donors (Lipinski definition) is 1. The molecule has 0 unspecified atom stereocenters. The molecule has 22 heavy (non-hydrogen) atoms. The van der Waals surface area contributed by atoms with Crippen molar-refractivity contribution in [3.05, 3.63) is 46.1 Å². The minimum absolute atomic E-state index is 0.346. The van der Waals surface area contributed by atoms with E-state index in [9.17, 15) is 5.26 Å². The predicted octanol–water partition coefficient (Wildman–Crippen LogP) is 4.33. The third kappa shape index (κ3) is 2.82. The largest absolute Gasteiger partial charge is 0.383 e. The lowest BCUT2D eigenvalue weighted by molar-refractivity contribution is 0.860. The molecule has 2 N–H and O–H groups in total. The van der Waals surface area contributed by atoms with E-state index in [1.807, 2.05) is 0 Å². The number of nitrogens with zero attached hydrogens (tertiary/aromatic N) is 2. The molecule has 0 atom stereocenters. The van der Waals surface area contributed by atoms with E-state index in [1.54, 1.807) is 0 Å². The molecule has 0 amide bonds. The summed E-state index contributed by atoms with van der Waals surface area (Å²) in [6, 6.07) is 8.59. The fourth-order valence-electron chi connectivity index (χ4n) is 2.93. The maximum absolute atomic E-state index is 9.59. The fraction of sp³-hybridized carbons (Fsp3) is 0.368. The van der Waals surface area contributed by atoms with Crippen molar-refractivity contribution >= 4 is 5.82 Å². The Morgan fingerprint density at radius 1 is 1.23 bits per heavy atom. The maximum Gasteiger partial charge on any atom is 0.142 e. The summed E-state index contributed by atoms with van der Waals surface area (Å²) >= 11 is 0. The van der Waals surface area contributed by atoms with E-state index < -0.39 is 0 Å². The van der Waals surface area contributed by atoms with Crippen LogP contribution in [0.4, 0.5) is 5.82 Å². The van der Waals surface area contributed by atoms with Gasteiger partial charge in [0.15, 0.2) is 0 Å². The number of pyridine rings is 1. The number of anilines is 1. The summed E-state index contributed by atoms with van der Waals surface area (Å²) in [6.45, 7) is 8.39. The van der Waals surface area contributed by atoms with Gasteiger partial charge in [-0.2, -0.15) is 5.26 Å². The summed E-state index contributed by atoms with van der Waals surface area (Å²) in [6.07, 6.45) is 2.74. The zero-order valence-electron chi connectivity index (χ0n) is 13.8. The van der Waals surface area contributed by atoms with E-state index in [1.165, 1.54) is 5.56 Å². The van der Waals surface area contributed by atoms with Gasteiger partial charge in [0.25, 0.3) is 0 Å². The molecule has 2 rings (SSSR count). The van der Waals surface area contributed by atoms with E-state index in [0.29, 0.717) is 11.4 Å². The van der Waals surface area contributed by atoms with E-state index in [0.717, 1.165) is 47.2 Å². The van der Waals surface area contributed by atoms with Crippen molar-refractivity contribution in [2.75, 3.05) is 5.73 Å². The zero-order chi connectivity index (χ0) is 16.3. The monoisotopic (exact) mass is 293 g/mol. The second-order valence-corrected chi connectivity index (χ2v) is 5.71. The number of hydrogen-bond acceptors (Lipinski definition) is 3. The number of aryl methyl sites for hydroxylation is 3. The summed E-state index contributed by atoms with van der Waals surface area (Å²) in [5, 5.41) is 9.59. The Morgan fingerprint density at radius 2 is 1.95 bits per heavy atom. The quantitative estimate of drug-likeness (QED) is 0.912. The minimum Gasteiger partial charge on any atom is -0.383 e. The molecule has 1 heterocycles. The van der Waals surface area contributed by atoms with Crippen LogP contribution in [0.1, 0.15) is 48.2 Å². The first-order valence-corrected chi connectivity index (χ1v) is 7.82. The SMILES string of the molecule is CCCc1nc(N)c(C#N)c(-c2cc(C)ccc2C)c1CC. The molecule has 0 aliphatic carbocycles. The van der Waals surface area contributed by atoms with Crippen molar-refractivity contribution in [2.45, 2.75) is 47.0 Å². The predicted molar refractivity (Wildman–Crippen MR) is 91.6 cm³/mol. The molecule has 0 saturated carbocycles. The van der Waals surface area contributed by atoms with Crippen LogP contribution in [0.2, 0.25) is 0 Å². The average Bonchev–Trinajstić information content (AvgIpc) is 2.49. The Labute approximate surface area is 132 Å². The number of nitrogen functional groups attached to an aromatic ring is 1. The lowest BCUT2D eigenvalue weighted by atomic mass is 9.88. The molecule has 0 fully saturated rings. The van der Waals surface area contributed by atoms with Gasteiger partial charge in [0.2, 0.25) is 0 Å². The lowest BCUT2D eigenvalue weighted by Crippen LogP contribution is -2.08. The van der Waals surface area contributed by atoms with Crippen LogP contribution in [0.15, 0.2) is 18.2 Å². The van der Waals surface area contributed by atoms with Crippen LogP contribution < -0.4 is 5.73 Å². The molecule has 0 radical (unpaired) electrons. The maximum atomic E-state index is 9.59.